The number of nitrogens with one attached hydrogen (secondary N) is 1. The van der Waals surface area contributed by atoms with Crippen molar-refractivity contribution in [3.8, 4) is 5.75 Å². The maximum Gasteiger partial charge on any atom is 0.271 e. The van der Waals surface area contributed by atoms with Gasteiger partial charge in [0.1, 0.15) is 11.4 Å². The van der Waals surface area contributed by atoms with Crippen molar-refractivity contribution in [2.75, 3.05) is 20.2 Å². The fourth-order valence-electron chi connectivity index (χ4n) is 3.19. The number of rotatable bonds is 5. The number of hydrogen-bond acceptors (Lipinski definition) is 3. The molecule has 1 heterocycles. The van der Waals surface area contributed by atoms with Gasteiger partial charge in [-0.05, 0) is 53.4 Å². The second kappa shape index (κ2) is 9.55. The van der Waals surface area contributed by atoms with Crippen LogP contribution in [0.25, 0.3) is 4.48 Å². The van der Waals surface area contributed by atoms with Crippen LogP contribution in [0.4, 0.5) is 0 Å². The number of para-hydroxylation sites is 1. The summed E-state index contributed by atoms with van der Waals surface area (Å²) in [5.74, 6) is 0.0989. The van der Waals surface area contributed by atoms with Crippen molar-refractivity contribution >= 4 is 32.2 Å². The lowest BCUT2D eigenvalue weighted by molar-refractivity contribution is -0.128. The Morgan fingerprint density at radius 2 is 1.61 bits per heavy atom. The SMILES string of the molecule is COc1ccccc1/C(Br)=C(/NC(=O)c1ccccc1)C(=O)N1CCCCC1. The molecule has 2 amide bonds. The van der Waals surface area contributed by atoms with Gasteiger partial charge in [-0.1, -0.05) is 36.4 Å². The molecule has 0 aromatic heterocycles. The van der Waals surface area contributed by atoms with Crippen LogP contribution in [0.5, 0.6) is 5.75 Å². The van der Waals surface area contributed by atoms with E-state index >= 15 is 0 Å². The second-order valence-corrected chi connectivity index (χ2v) is 7.36. The van der Waals surface area contributed by atoms with Gasteiger partial charge in [-0.2, -0.15) is 0 Å². The van der Waals surface area contributed by atoms with Crippen molar-refractivity contribution in [2.45, 2.75) is 19.3 Å². The highest BCUT2D eigenvalue weighted by Gasteiger charge is 2.26. The molecule has 0 bridgehead atoms. The van der Waals surface area contributed by atoms with Gasteiger partial charge < -0.3 is 15.0 Å². The predicted molar refractivity (Wildman–Crippen MR) is 113 cm³/mol. The van der Waals surface area contributed by atoms with Gasteiger partial charge in [-0.25, -0.2) is 0 Å². The van der Waals surface area contributed by atoms with Gasteiger partial charge in [-0.3, -0.25) is 9.59 Å². The molecule has 2 aromatic carbocycles. The first-order valence-electron chi connectivity index (χ1n) is 9.30. The first kappa shape index (κ1) is 20.1. The molecule has 1 N–H and O–H groups in total. The first-order chi connectivity index (χ1) is 13.6. The minimum atomic E-state index is -0.326. The molecule has 1 fully saturated rings. The van der Waals surface area contributed by atoms with Gasteiger partial charge in [-0.15, -0.1) is 0 Å². The molecule has 1 aliphatic heterocycles. The lowest BCUT2D eigenvalue weighted by Gasteiger charge is -2.28. The Hall–Kier alpha value is -2.60. The van der Waals surface area contributed by atoms with E-state index in [1.54, 1.807) is 36.3 Å². The predicted octanol–water partition coefficient (Wildman–Crippen LogP) is 4.20. The van der Waals surface area contributed by atoms with Crippen LogP contribution in [0.15, 0.2) is 60.3 Å². The molecule has 28 heavy (non-hydrogen) atoms. The lowest BCUT2D eigenvalue weighted by Crippen LogP contribution is -2.41. The summed E-state index contributed by atoms with van der Waals surface area (Å²) < 4.78 is 5.93. The lowest BCUT2D eigenvalue weighted by atomic mass is 10.1. The Bertz CT molecular complexity index is 874. The fourth-order valence-corrected chi connectivity index (χ4v) is 3.79. The molecule has 1 aliphatic rings. The van der Waals surface area contributed by atoms with Crippen LogP contribution in [-0.2, 0) is 4.79 Å². The maximum atomic E-state index is 13.3. The molecular weight excluding hydrogens is 420 g/mol. The highest BCUT2D eigenvalue weighted by molar-refractivity contribution is 9.15. The standard InChI is InChI=1S/C22H23BrN2O3/c1-28-18-13-7-6-12-17(18)19(23)20(22(27)25-14-8-3-9-15-25)24-21(26)16-10-4-2-5-11-16/h2,4-7,10-13H,3,8-9,14-15H2,1H3,(H,24,26)/b20-19-. The van der Waals surface area contributed by atoms with E-state index in [2.05, 4.69) is 21.2 Å². The number of amides is 2. The molecule has 2 aromatic rings. The topological polar surface area (TPSA) is 58.6 Å². The zero-order valence-corrected chi connectivity index (χ0v) is 17.4. The molecule has 0 aliphatic carbocycles. The van der Waals surface area contributed by atoms with E-state index in [1.165, 1.54) is 0 Å². The minimum Gasteiger partial charge on any atom is -0.496 e. The average Bonchev–Trinajstić information content (AvgIpc) is 2.77. The van der Waals surface area contributed by atoms with Crippen LogP contribution >= 0.6 is 15.9 Å². The number of carbonyl (C=O) groups excluding carboxylic acids is 2. The number of hydrogen-bond donors (Lipinski definition) is 1. The number of halogens is 1. The van der Waals surface area contributed by atoms with Crippen LogP contribution in [0.1, 0.15) is 35.2 Å². The summed E-state index contributed by atoms with van der Waals surface area (Å²) in [4.78, 5) is 27.8. The Labute approximate surface area is 173 Å². The zero-order chi connectivity index (χ0) is 19.9. The van der Waals surface area contributed by atoms with Crippen molar-refractivity contribution < 1.29 is 14.3 Å². The van der Waals surface area contributed by atoms with E-state index in [-0.39, 0.29) is 17.5 Å². The number of benzene rings is 2. The highest BCUT2D eigenvalue weighted by Crippen LogP contribution is 2.33. The monoisotopic (exact) mass is 442 g/mol. The summed E-state index contributed by atoms with van der Waals surface area (Å²) in [5.41, 5.74) is 1.42. The third-order valence-electron chi connectivity index (χ3n) is 4.69. The van der Waals surface area contributed by atoms with Crippen LogP contribution in [0, 0.1) is 0 Å². The summed E-state index contributed by atoms with van der Waals surface area (Å²) in [6, 6.07) is 16.2. The van der Waals surface area contributed by atoms with E-state index in [4.69, 9.17) is 4.74 Å². The summed E-state index contributed by atoms with van der Waals surface area (Å²) in [6.45, 7) is 1.38. The molecule has 1 saturated heterocycles. The number of nitrogens with zero attached hydrogens (tertiary/aromatic N) is 1. The number of carbonyl (C=O) groups is 2. The zero-order valence-electron chi connectivity index (χ0n) is 15.8. The second-order valence-electron chi connectivity index (χ2n) is 6.56. The first-order valence-corrected chi connectivity index (χ1v) is 10.1. The molecule has 3 rings (SSSR count). The Morgan fingerprint density at radius 3 is 2.29 bits per heavy atom. The maximum absolute atomic E-state index is 13.3. The average molecular weight is 443 g/mol. The van der Waals surface area contributed by atoms with Crippen LogP contribution in [0.2, 0.25) is 0 Å². The number of ether oxygens (including phenoxy) is 1. The summed E-state index contributed by atoms with van der Waals surface area (Å²) >= 11 is 3.55. The van der Waals surface area contributed by atoms with Gasteiger partial charge >= 0.3 is 0 Å². The van der Waals surface area contributed by atoms with Crippen molar-refractivity contribution in [3.05, 3.63) is 71.4 Å². The van der Waals surface area contributed by atoms with Crippen molar-refractivity contribution in [3.63, 3.8) is 0 Å². The van der Waals surface area contributed by atoms with Gasteiger partial charge in [0.05, 0.1) is 11.6 Å². The van der Waals surface area contributed by atoms with Crippen LogP contribution < -0.4 is 10.1 Å². The van der Waals surface area contributed by atoms with E-state index < -0.39 is 0 Å². The Morgan fingerprint density at radius 1 is 0.964 bits per heavy atom. The van der Waals surface area contributed by atoms with E-state index in [0.717, 1.165) is 19.3 Å². The molecule has 0 atom stereocenters. The number of methoxy groups -OCH3 is 1. The molecular formula is C22H23BrN2O3. The molecule has 0 unspecified atom stereocenters. The van der Waals surface area contributed by atoms with Crippen molar-refractivity contribution in [2.24, 2.45) is 0 Å². The van der Waals surface area contributed by atoms with Gasteiger partial charge in [0.2, 0.25) is 0 Å². The van der Waals surface area contributed by atoms with Crippen molar-refractivity contribution in [1.29, 1.82) is 0 Å². The van der Waals surface area contributed by atoms with E-state index in [0.29, 0.717) is 34.4 Å². The van der Waals surface area contributed by atoms with Crippen LogP contribution in [0.3, 0.4) is 0 Å². The Balaban J connectivity index is 2.00. The van der Waals surface area contributed by atoms with Crippen molar-refractivity contribution in [1.82, 2.24) is 10.2 Å². The van der Waals surface area contributed by atoms with Gasteiger partial charge in [0, 0.05) is 24.2 Å². The fraction of sp³-hybridized carbons (Fsp3) is 0.273. The highest BCUT2D eigenvalue weighted by atomic mass is 79.9. The smallest absolute Gasteiger partial charge is 0.271 e. The summed E-state index contributed by atoms with van der Waals surface area (Å²) in [5, 5.41) is 2.83. The molecule has 0 spiro atoms. The number of piperidine rings is 1. The summed E-state index contributed by atoms with van der Waals surface area (Å²) in [6.07, 6.45) is 3.06. The normalized spacial score (nSPS) is 14.9. The molecule has 0 radical (unpaired) electrons. The third kappa shape index (κ3) is 4.62. The summed E-state index contributed by atoms with van der Waals surface area (Å²) in [7, 11) is 1.58. The van der Waals surface area contributed by atoms with Gasteiger partial charge in [0.25, 0.3) is 11.8 Å². The molecule has 6 heteroatoms. The largest absolute Gasteiger partial charge is 0.496 e. The number of likely N-dealkylation sites (tertiary alicyclic amines) is 1. The third-order valence-corrected chi connectivity index (χ3v) is 5.52. The van der Waals surface area contributed by atoms with E-state index in [1.807, 2.05) is 30.3 Å². The minimum absolute atomic E-state index is 0.193. The Kier molecular flexibility index (Phi) is 6.87. The molecule has 146 valence electrons. The van der Waals surface area contributed by atoms with Gasteiger partial charge in [0.15, 0.2) is 0 Å². The quantitative estimate of drug-likeness (QED) is 0.705. The molecule has 0 saturated carbocycles. The van der Waals surface area contributed by atoms with Crippen LogP contribution in [-0.4, -0.2) is 36.9 Å². The van der Waals surface area contributed by atoms with E-state index in [9.17, 15) is 9.59 Å². The molecule has 5 nitrogen and oxygen atoms in total.